The lowest BCUT2D eigenvalue weighted by Crippen LogP contribution is -2.11. The number of nitrogens with one attached hydrogen (secondary N) is 1. The van der Waals surface area contributed by atoms with Gasteiger partial charge in [-0.2, -0.15) is 5.10 Å². The Balaban J connectivity index is 2.45. The lowest BCUT2D eigenvalue weighted by Gasteiger charge is -2.04. The molecule has 0 aliphatic rings. The highest BCUT2D eigenvalue weighted by Crippen LogP contribution is 2.28. The molecule has 0 aliphatic heterocycles. The zero-order valence-corrected chi connectivity index (χ0v) is 11.1. The summed E-state index contributed by atoms with van der Waals surface area (Å²) < 4.78 is 15.6. The van der Waals surface area contributed by atoms with Crippen molar-refractivity contribution in [3.63, 3.8) is 0 Å². The minimum Gasteiger partial charge on any atom is -0.319 e. The molecule has 96 valence electrons. The SMILES string of the molecule is CNCCc1nn(C)cc1-c1cc(Cl)ccc1F. The van der Waals surface area contributed by atoms with Crippen LogP contribution in [0.25, 0.3) is 11.1 Å². The van der Waals surface area contributed by atoms with Crippen LogP contribution < -0.4 is 5.32 Å². The van der Waals surface area contributed by atoms with Gasteiger partial charge in [0, 0.05) is 42.4 Å². The largest absolute Gasteiger partial charge is 0.319 e. The number of halogens is 2. The van der Waals surface area contributed by atoms with E-state index in [1.807, 2.05) is 20.3 Å². The molecular weight excluding hydrogens is 253 g/mol. The van der Waals surface area contributed by atoms with Crippen molar-refractivity contribution >= 4 is 11.6 Å². The Morgan fingerprint density at radius 2 is 2.17 bits per heavy atom. The monoisotopic (exact) mass is 267 g/mol. The van der Waals surface area contributed by atoms with Crippen molar-refractivity contribution in [3.8, 4) is 11.1 Å². The molecular formula is C13H15ClFN3. The van der Waals surface area contributed by atoms with Crippen LogP contribution in [0.5, 0.6) is 0 Å². The molecule has 18 heavy (non-hydrogen) atoms. The highest BCUT2D eigenvalue weighted by Gasteiger charge is 2.13. The predicted octanol–water partition coefficient (Wildman–Crippen LogP) is 2.64. The van der Waals surface area contributed by atoms with E-state index in [4.69, 9.17) is 11.6 Å². The van der Waals surface area contributed by atoms with Crippen molar-refractivity contribution in [1.29, 1.82) is 0 Å². The number of hydrogen-bond donors (Lipinski definition) is 1. The van der Waals surface area contributed by atoms with Crippen LogP contribution in [0.2, 0.25) is 5.02 Å². The van der Waals surface area contributed by atoms with Crippen molar-refractivity contribution in [1.82, 2.24) is 15.1 Å². The van der Waals surface area contributed by atoms with Gasteiger partial charge in [0.15, 0.2) is 0 Å². The number of nitrogens with zero attached hydrogens (tertiary/aromatic N) is 2. The van der Waals surface area contributed by atoms with Gasteiger partial charge in [-0.25, -0.2) is 4.39 Å². The first-order chi connectivity index (χ1) is 8.61. The number of benzene rings is 1. The summed E-state index contributed by atoms with van der Waals surface area (Å²) in [6.07, 6.45) is 2.57. The highest BCUT2D eigenvalue weighted by atomic mass is 35.5. The maximum atomic E-state index is 13.9. The molecule has 0 radical (unpaired) electrons. The van der Waals surface area contributed by atoms with Gasteiger partial charge >= 0.3 is 0 Å². The van der Waals surface area contributed by atoms with Crippen LogP contribution in [-0.4, -0.2) is 23.4 Å². The van der Waals surface area contributed by atoms with Gasteiger partial charge in [0.2, 0.25) is 0 Å². The Hall–Kier alpha value is -1.39. The van der Waals surface area contributed by atoms with Crippen molar-refractivity contribution in [3.05, 3.63) is 40.9 Å². The predicted molar refractivity (Wildman–Crippen MR) is 71.2 cm³/mol. The minimum atomic E-state index is -0.280. The molecule has 0 saturated heterocycles. The fourth-order valence-corrected chi connectivity index (χ4v) is 2.06. The van der Waals surface area contributed by atoms with E-state index in [0.29, 0.717) is 10.6 Å². The average Bonchev–Trinajstić information content (AvgIpc) is 2.71. The normalized spacial score (nSPS) is 10.9. The lowest BCUT2D eigenvalue weighted by molar-refractivity contribution is 0.631. The van der Waals surface area contributed by atoms with E-state index < -0.39 is 0 Å². The molecule has 0 bridgehead atoms. The van der Waals surface area contributed by atoms with E-state index in [-0.39, 0.29) is 5.82 Å². The maximum absolute atomic E-state index is 13.9. The molecule has 1 N–H and O–H groups in total. The zero-order valence-electron chi connectivity index (χ0n) is 10.4. The topological polar surface area (TPSA) is 29.9 Å². The molecule has 0 atom stereocenters. The zero-order chi connectivity index (χ0) is 13.1. The molecule has 2 rings (SSSR count). The molecule has 1 aromatic heterocycles. The third-order valence-corrected chi connectivity index (χ3v) is 2.97. The van der Waals surface area contributed by atoms with E-state index in [1.54, 1.807) is 16.8 Å². The van der Waals surface area contributed by atoms with Crippen LogP contribution in [0.4, 0.5) is 4.39 Å². The van der Waals surface area contributed by atoms with Crippen LogP contribution >= 0.6 is 11.6 Å². The Kier molecular flexibility index (Phi) is 3.99. The van der Waals surface area contributed by atoms with E-state index in [9.17, 15) is 4.39 Å². The van der Waals surface area contributed by atoms with Crippen LogP contribution in [0.15, 0.2) is 24.4 Å². The van der Waals surface area contributed by atoms with Gasteiger partial charge in [-0.3, -0.25) is 4.68 Å². The number of aromatic nitrogens is 2. The van der Waals surface area contributed by atoms with Crippen LogP contribution in [0.1, 0.15) is 5.69 Å². The maximum Gasteiger partial charge on any atom is 0.131 e. The molecule has 2 aromatic rings. The van der Waals surface area contributed by atoms with Crippen molar-refractivity contribution in [2.75, 3.05) is 13.6 Å². The van der Waals surface area contributed by atoms with E-state index >= 15 is 0 Å². The van der Waals surface area contributed by atoms with Crippen LogP contribution in [0.3, 0.4) is 0 Å². The third-order valence-electron chi connectivity index (χ3n) is 2.74. The van der Waals surface area contributed by atoms with Gasteiger partial charge < -0.3 is 5.32 Å². The van der Waals surface area contributed by atoms with E-state index in [2.05, 4.69) is 10.4 Å². The number of aryl methyl sites for hydroxylation is 1. The minimum absolute atomic E-state index is 0.280. The molecule has 0 unspecified atom stereocenters. The summed E-state index contributed by atoms with van der Waals surface area (Å²) in [6, 6.07) is 4.56. The van der Waals surface area contributed by atoms with E-state index in [1.165, 1.54) is 6.07 Å². The number of rotatable bonds is 4. The summed E-state index contributed by atoms with van der Waals surface area (Å²) in [5.41, 5.74) is 2.17. The van der Waals surface area contributed by atoms with Crippen LogP contribution in [-0.2, 0) is 13.5 Å². The molecule has 3 nitrogen and oxygen atoms in total. The first-order valence-corrected chi connectivity index (χ1v) is 6.12. The molecule has 0 fully saturated rings. The second-order valence-corrected chi connectivity index (χ2v) is 4.58. The summed E-state index contributed by atoms with van der Waals surface area (Å²) in [4.78, 5) is 0. The second kappa shape index (κ2) is 5.50. The van der Waals surface area contributed by atoms with Gasteiger partial charge in [-0.1, -0.05) is 11.6 Å². The molecule has 1 aromatic carbocycles. The summed E-state index contributed by atoms with van der Waals surface area (Å²) in [7, 11) is 3.71. The summed E-state index contributed by atoms with van der Waals surface area (Å²) in [6.45, 7) is 0.798. The number of hydrogen-bond acceptors (Lipinski definition) is 2. The molecule has 5 heteroatoms. The van der Waals surface area contributed by atoms with Crippen molar-refractivity contribution in [2.24, 2.45) is 7.05 Å². The summed E-state index contributed by atoms with van der Waals surface area (Å²) in [5, 5.41) is 7.95. The smallest absolute Gasteiger partial charge is 0.131 e. The van der Waals surface area contributed by atoms with Crippen molar-refractivity contribution < 1.29 is 4.39 Å². The Bertz CT molecular complexity index is 551. The first-order valence-electron chi connectivity index (χ1n) is 5.74. The van der Waals surface area contributed by atoms with Gasteiger partial charge in [0.05, 0.1) is 5.69 Å². The summed E-state index contributed by atoms with van der Waals surface area (Å²) >= 11 is 5.92. The molecule has 0 aliphatic carbocycles. The van der Waals surface area contributed by atoms with Gasteiger partial charge in [0.25, 0.3) is 0 Å². The standard InChI is InChI=1S/C13H15ClFN3/c1-16-6-5-13-11(8-18(2)17-13)10-7-9(14)3-4-12(10)15/h3-4,7-8,16H,5-6H2,1-2H3. The molecule has 0 spiro atoms. The third kappa shape index (κ3) is 2.71. The fourth-order valence-electron chi connectivity index (χ4n) is 1.89. The number of likely N-dealkylation sites (N-methyl/N-ethyl adjacent to an activating group) is 1. The van der Waals surface area contributed by atoms with Gasteiger partial charge in [-0.05, 0) is 25.2 Å². The second-order valence-electron chi connectivity index (χ2n) is 4.14. The van der Waals surface area contributed by atoms with E-state index in [0.717, 1.165) is 24.2 Å². The Morgan fingerprint density at radius 3 is 2.89 bits per heavy atom. The highest BCUT2D eigenvalue weighted by molar-refractivity contribution is 6.30. The summed E-state index contributed by atoms with van der Waals surface area (Å²) in [5.74, 6) is -0.280. The fraction of sp³-hybridized carbons (Fsp3) is 0.308. The van der Waals surface area contributed by atoms with Gasteiger partial charge in [-0.15, -0.1) is 0 Å². The van der Waals surface area contributed by atoms with Crippen molar-refractivity contribution in [2.45, 2.75) is 6.42 Å². The first kappa shape index (κ1) is 13.1. The van der Waals surface area contributed by atoms with Gasteiger partial charge in [0.1, 0.15) is 5.82 Å². The van der Waals surface area contributed by atoms with Crippen LogP contribution in [0, 0.1) is 5.82 Å². The lowest BCUT2D eigenvalue weighted by atomic mass is 10.0. The Morgan fingerprint density at radius 1 is 1.39 bits per heavy atom. The molecule has 0 amide bonds. The quantitative estimate of drug-likeness (QED) is 0.923. The molecule has 0 saturated carbocycles. The molecule has 1 heterocycles. The average molecular weight is 268 g/mol. The Labute approximate surface area is 111 Å².